The Kier molecular flexibility index (Phi) is 4.68. The number of aryl methyl sites for hydroxylation is 1. The Labute approximate surface area is 166 Å². The van der Waals surface area contributed by atoms with Gasteiger partial charge in [-0.25, -0.2) is 4.98 Å². The molecule has 0 bridgehead atoms. The Morgan fingerprint density at radius 3 is 2.93 bits per heavy atom. The van der Waals surface area contributed by atoms with Crippen LogP contribution in [0.5, 0.6) is 5.75 Å². The minimum Gasteiger partial charge on any atom is -0.495 e. The van der Waals surface area contributed by atoms with Crippen molar-refractivity contribution in [2.45, 2.75) is 13.3 Å². The van der Waals surface area contributed by atoms with Gasteiger partial charge in [0.25, 0.3) is 0 Å². The molecule has 1 saturated heterocycles. The van der Waals surface area contributed by atoms with Crippen LogP contribution in [0.3, 0.4) is 0 Å². The highest BCUT2D eigenvalue weighted by atomic mass is 35.5. The molecule has 1 aliphatic heterocycles. The van der Waals surface area contributed by atoms with Gasteiger partial charge in [-0.05, 0) is 36.4 Å². The average molecular weight is 400 g/mol. The Morgan fingerprint density at radius 1 is 1.32 bits per heavy atom. The van der Waals surface area contributed by atoms with Gasteiger partial charge in [-0.3, -0.25) is 9.59 Å². The second kappa shape index (κ2) is 7.16. The standard InChI is InChI=1S/C20H18ClN3O4/c1-11-22-15-9-14(4-6-17(15)28-11)23-20(26)12-7-19(25)24(10-12)16-8-13(21)3-5-18(16)27-2/h3-6,8-9,12H,7,10H2,1-2H3,(H,23,26). The number of carbonyl (C=O) groups excluding carboxylic acids is 2. The lowest BCUT2D eigenvalue weighted by atomic mass is 10.1. The molecular formula is C20H18ClN3O4. The summed E-state index contributed by atoms with van der Waals surface area (Å²) in [6, 6.07) is 10.3. The SMILES string of the molecule is COc1ccc(Cl)cc1N1CC(C(=O)Nc2ccc3oc(C)nc3c2)CC1=O. The normalized spacial score (nSPS) is 16.6. The lowest BCUT2D eigenvalue weighted by Crippen LogP contribution is -2.28. The van der Waals surface area contributed by atoms with Crippen molar-refractivity contribution >= 4 is 45.9 Å². The van der Waals surface area contributed by atoms with Crippen LogP contribution < -0.4 is 15.0 Å². The van der Waals surface area contributed by atoms with E-state index in [1.165, 1.54) is 7.11 Å². The maximum Gasteiger partial charge on any atom is 0.229 e. The number of nitrogens with one attached hydrogen (secondary N) is 1. The molecule has 1 N–H and O–H groups in total. The maximum atomic E-state index is 12.7. The molecule has 4 rings (SSSR count). The van der Waals surface area contributed by atoms with E-state index in [4.69, 9.17) is 20.8 Å². The van der Waals surface area contributed by atoms with E-state index in [9.17, 15) is 9.59 Å². The molecule has 1 aromatic heterocycles. The highest BCUT2D eigenvalue weighted by Gasteiger charge is 2.36. The zero-order chi connectivity index (χ0) is 19.8. The number of rotatable bonds is 4. The summed E-state index contributed by atoms with van der Waals surface area (Å²) < 4.78 is 10.8. The fourth-order valence-electron chi connectivity index (χ4n) is 3.35. The molecular weight excluding hydrogens is 382 g/mol. The third-order valence-corrected chi connectivity index (χ3v) is 4.92. The molecule has 1 aliphatic rings. The summed E-state index contributed by atoms with van der Waals surface area (Å²) in [5.74, 6) is 0.238. The number of anilines is 2. The molecule has 1 fully saturated rings. The van der Waals surface area contributed by atoms with Crippen LogP contribution in [-0.4, -0.2) is 30.5 Å². The third kappa shape index (κ3) is 3.41. The van der Waals surface area contributed by atoms with Crippen LogP contribution in [0.2, 0.25) is 5.02 Å². The minimum atomic E-state index is -0.481. The van der Waals surface area contributed by atoms with Gasteiger partial charge >= 0.3 is 0 Å². The quantitative estimate of drug-likeness (QED) is 0.721. The molecule has 0 aliphatic carbocycles. The number of fused-ring (bicyclic) bond motifs is 1. The van der Waals surface area contributed by atoms with Crippen LogP contribution in [0.4, 0.5) is 11.4 Å². The molecule has 0 radical (unpaired) electrons. The Balaban J connectivity index is 1.51. The van der Waals surface area contributed by atoms with Crippen molar-refractivity contribution in [3.63, 3.8) is 0 Å². The van der Waals surface area contributed by atoms with E-state index < -0.39 is 5.92 Å². The Hall–Kier alpha value is -3.06. The number of aromatic nitrogens is 1. The molecule has 7 nitrogen and oxygen atoms in total. The van der Waals surface area contributed by atoms with Crippen LogP contribution in [-0.2, 0) is 9.59 Å². The van der Waals surface area contributed by atoms with Crippen molar-refractivity contribution in [2.75, 3.05) is 23.9 Å². The average Bonchev–Trinajstić information content (AvgIpc) is 3.23. The lowest BCUT2D eigenvalue weighted by Gasteiger charge is -2.19. The number of hydrogen-bond acceptors (Lipinski definition) is 5. The van der Waals surface area contributed by atoms with Crippen LogP contribution in [0, 0.1) is 12.8 Å². The number of amides is 2. The number of methoxy groups -OCH3 is 1. The van der Waals surface area contributed by atoms with E-state index in [0.717, 1.165) is 0 Å². The number of carbonyl (C=O) groups is 2. The summed E-state index contributed by atoms with van der Waals surface area (Å²) in [4.78, 5) is 31.0. The van der Waals surface area contributed by atoms with Gasteiger partial charge in [0.15, 0.2) is 11.5 Å². The van der Waals surface area contributed by atoms with Gasteiger partial charge < -0.3 is 19.4 Å². The zero-order valence-electron chi connectivity index (χ0n) is 15.4. The Morgan fingerprint density at radius 2 is 2.14 bits per heavy atom. The summed E-state index contributed by atoms with van der Waals surface area (Å²) in [6.07, 6.45) is 0.118. The molecule has 0 spiro atoms. The molecule has 8 heteroatoms. The summed E-state index contributed by atoms with van der Waals surface area (Å²) in [7, 11) is 1.53. The second-order valence-electron chi connectivity index (χ2n) is 6.63. The van der Waals surface area contributed by atoms with E-state index in [-0.39, 0.29) is 24.8 Å². The van der Waals surface area contributed by atoms with Gasteiger partial charge in [0, 0.05) is 30.6 Å². The molecule has 3 aromatic rings. The topological polar surface area (TPSA) is 84.7 Å². The van der Waals surface area contributed by atoms with E-state index >= 15 is 0 Å². The van der Waals surface area contributed by atoms with Gasteiger partial charge in [0.2, 0.25) is 11.8 Å². The van der Waals surface area contributed by atoms with E-state index in [0.29, 0.717) is 39.1 Å². The fraction of sp³-hybridized carbons (Fsp3) is 0.250. The van der Waals surface area contributed by atoms with Crippen LogP contribution >= 0.6 is 11.6 Å². The van der Waals surface area contributed by atoms with E-state index in [2.05, 4.69) is 10.3 Å². The monoisotopic (exact) mass is 399 g/mol. The molecule has 2 aromatic carbocycles. The minimum absolute atomic E-state index is 0.118. The molecule has 2 heterocycles. The van der Waals surface area contributed by atoms with E-state index in [1.54, 1.807) is 48.2 Å². The first kappa shape index (κ1) is 18.3. The summed E-state index contributed by atoms with van der Waals surface area (Å²) in [5, 5.41) is 3.35. The lowest BCUT2D eigenvalue weighted by molar-refractivity contribution is -0.122. The molecule has 2 amide bonds. The number of nitrogens with zero attached hydrogens (tertiary/aromatic N) is 2. The van der Waals surface area contributed by atoms with Crippen LogP contribution in [0.25, 0.3) is 11.1 Å². The predicted molar refractivity (Wildman–Crippen MR) is 106 cm³/mol. The third-order valence-electron chi connectivity index (χ3n) is 4.69. The number of ether oxygens (including phenoxy) is 1. The molecule has 1 atom stereocenters. The summed E-state index contributed by atoms with van der Waals surface area (Å²) in [6.45, 7) is 2.02. The molecule has 0 saturated carbocycles. The van der Waals surface area contributed by atoms with Crippen molar-refractivity contribution in [3.8, 4) is 5.75 Å². The zero-order valence-corrected chi connectivity index (χ0v) is 16.1. The first-order valence-corrected chi connectivity index (χ1v) is 9.14. The van der Waals surface area contributed by atoms with Crippen molar-refractivity contribution < 1.29 is 18.7 Å². The molecule has 144 valence electrons. The van der Waals surface area contributed by atoms with Gasteiger partial charge in [-0.1, -0.05) is 11.6 Å². The Bertz CT molecular complexity index is 1080. The number of hydrogen-bond donors (Lipinski definition) is 1. The fourth-order valence-corrected chi connectivity index (χ4v) is 3.52. The smallest absolute Gasteiger partial charge is 0.229 e. The molecule has 28 heavy (non-hydrogen) atoms. The first-order valence-electron chi connectivity index (χ1n) is 8.76. The maximum absolute atomic E-state index is 12.7. The second-order valence-corrected chi connectivity index (χ2v) is 7.06. The first-order chi connectivity index (χ1) is 13.4. The van der Waals surface area contributed by atoms with E-state index in [1.807, 2.05) is 0 Å². The number of halogens is 1. The van der Waals surface area contributed by atoms with Crippen LogP contribution in [0.15, 0.2) is 40.8 Å². The van der Waals surface area contributed by atoms with Gasteiger partial charge in [-0.2, -0.15) is 0 Å². The van der Waals surface area contributed by atoms with Gasteiger partial charge in [0.05, 0.1) is 18.7 Å². The van der Waals surface area contributed by atoms with Crippen molar-refractivity contribution in [2.24, 2.45) is 5.92 Å². The van der Waals surface area contributed by atoms with Crippen molar-refractivity contribution in [1.29, 1.82) is 0 Å². The molecule has 1 unspecified atom stereocenters. The van der Waals surface area contributed by atoms with Gasteiger partial charge in [-0.15, -0.1) is 0 Å². The highest BCUT2D eigenvalue weighted by molar-refractivity contribution is 6.31. The number of benzene rings is 2. The summed E-state index contributed by atoms with van der Waals surface area (Å²) in [5.41, 5.74) is 2.50. The summed E-state index contributed by atoms with van der Waals surface area (Å²) >= 11 is 6.07. The van der Waals surface area contributed by atoms with Crippen molar-refractivity contribution in [1.82, 2.24) is 4.98 Å². The largest absolute Gasteiger partial charge is 0.495 e. The van der Waals surface area contributed by atoms with Crippen LogP contribution in [0.1, 0.15) is 12.3 Å². The van der Waals surface area contributed by atoms with Gasteiger partial charge in [0.1, 0.15) is 11.3 Å². The number of oxazole rings is 1. The highest BCUT2D eigenvalue weighted by Crippen LogP contribution is 2.35. The van der Waals surface area contributed by atoms with Crippen molar-refractivity contribution in [3.05, 3.63) is 47.3 Å². The predicted octanol–water partition coefficient (Wildman–Crippen LogP) is 3.79.